The van der Waals surface area contributed by atoms with Crippen molar-refractivity contribution in [1.29, 1.82) is 0 Å². The quantitative estimate of drug-likeness (QED) is 0.543. The Morgan fingerprint density at radius 2 is 1.76 bits per heavy atom. The van der Waals surface area contributed by atoms with Gasteiger partial charge >= 0.3 is 0 Å². The number of rotatable bonds is 7. The van der Waals surface area contributed by atoms with Crippen LogP contribution in [0.3, 0.4) is 0 Å². The van der Waals surface area contributed by atoms with Gasteiger partial charge in [0.05, 0.1) is 17.4 Å². The molecule has 2 aromatic carbocycles. The molecular weight excluding hydrogens is 434 g/mol. The van der Waals surface area contributed by atoms with Crippen LogP contribution in [0.25, 0.3) is 10.9 Å². The standard InChI is InChI=1S/C22H22BrN3O3/c1-14(2)26(13-20-24-18-6-4-3-5-17(18)22(29)25-20)21(28)12-11-19(27)15-7-9-16(23)10-8-15/h3-10,14H,11-13H2,1-2H3,(H,24,25,29). The summed E-state index contributed by atoms with van der Waals surface area (Å²) in [5.41, 5.74) is 0.942. The van der Waals surface area contributed by atoms with Gasteiger partial charge in [0.25, 0.3) is 5.56 Å². The number of aromatic nitrogens is 2. The fraction of sp³-hybridized carbons (Fsp3) is 0.273. The van der Waals surface area contributed by atoms with Crippen LogP contribution >= 0.6 is 15.9 Å². The van der Waals surface area contributed by atoms with E-state index < -0.39 is 0 Å². The predicted octanol–water partition coefficient (Wildman–Crippen LogP) is 4.09. The highest BCUT2D eigenvalue weighted by atomic mass is 79.9. The molecule has 0 aliphatic carbocycles. The molecule has 3 aromatic rings. The van der Waals surface area contributed by atoms with Gasteiger partial charge in [0.1, 0.15) is 5.82 Å². The van der Waals surface area contributed by atoms with Crippen molar-refractivity contribution in [1.82, 2.24) is 14.9 Å². The molecule has 6 nitrogen and oxygen atoms in total. The lowest BCUT2D eigenvalue weighted by molar-refractivity contribution is -0.133. The number of Topliss-reactive ketones (excluding diaryl/α,β-unsaturated/α-hetero) is 1. The van der Waals surface area contributed by atoms with Crippen LogP contribution in [0.1, 0.15) is 42.9 Å². The van der Waals surface area contributed by atoms with Gasteiger partial charge < -0.3 is 9.88 Å². The first kappa shape index (κ1) is 20.9. The molecule has 29 heavy (non-hydrogen) atoms. The van der Waals surface area contributed by atoms with Crippen molar-refractivity contribution in [2.45, 2.75) is 39.3 Å². The van der Waals surface area contributed by atoms with E-state index in [0.29, 0.717) is 22.3 Å². The number of benzene rings is 2. The van der Waals surface area contributed by atoms with Crippen molar-refractivity contribution in [3.63, 3.8) is 0 Å². The molecule has 0 unspecified atom stereocenters. The van der Waals surface area contributed by atoms with Crippen molar-refractivity contribution < 1.29 is 9.59 Å². The number of carbonyl (C=O) groups is 2. The highest BCUT2D eigenvalue weighted by Gasteiger charge is 2.20. The molecule has 1 aromatic heterocycles. The highest BCUT2D eigenvalue weighted by molar-refractivity contribution is 9.10. The maximum atomic E-state index is 12.8. The van der Waals surface area contributed by atoms with Gasteiger partial charge in [0.2, 0.25) is 5.91 Å². The van der Waals surface area contributed by atoms with Crippen molar-refractivity contribution in [2.24, 2.45) is 0 Å². The van der Waals surface area contributed by atoms with Gasteiger partial charge in [-0.2, -0.15) is 0 Å². The lowest BCUT2D eigenvalue weighted by atomic mass is 10.1. The topological polar surface area (TPSA) is 83.1 Å². The van der Waals surface area contributed by atoms with Gasteiger partial charge in [-0.25, -0.2) is 4.98 Å². The number of halogens is 1. The van der Waals surface area contributed by atoms with Crippen LogP contribution in [0.5, 0.6) is 0 Å². The molecule has 0 aliphatic heterocycles. The van der Waals surface area contributed by atoms with E-state index in [0.717, 1.165) is 4.47 Å². The van der Waals surface area contributed by atoms with Gasteiger partial charge in [-0.05, 0) is 38.1 Å². The van der Waals surface area contributed by atoms with Gasteiger partial charge in [0, 0.05) is 28.9 Å². The average molecular weight is 456 g/mol. The summed E-state index contributed by atoms with van der Waals surface area (Å²) >= 11 is 3.34. The maximum Gasteiger partial charge on any atom is 0.258 e. The van der Waals surface area contributed by atoms with E-state index in [2.05, 4.69) is 25.9 Å². The summed E-state index contributed by atoms with van der Waals surface area (Å²) in [6, 6.07) is 14.1. The summed E-state index contributed by atoms with van der Waals surface area (Å²) in [4.78, 5) is 46.3. The van der Waals surface area contributed by atoms with E-state index >= 15 is 0 Å². The summed E-state index contributed by atoms with van der Waals surface area (Å²) in [7, 11) is 0. The Hall–Kier alpha value is -2.80. The third-order valence-corrected chi connectivity index (χ3v) is 5.19. The molecule has 0 atom stereocenters. The zero-order valence-corrected chi connectivity index (χ0v) is 17.9. The maximum absolute atomic E-state index is 12.8. The van der Waals surface area contributed by atoms with Crippen molar-refractivity contribution in [3.05, 3.63) is 74.7 Å². The summed E-state index contributed by atoms with van der Waals surface area (Å²) in [5, 5.41) is 0.513. The van der Waals surface area contributed by atoms with Crippen LogP contribution in [-0.4, -0.2) is 32.6 Å². The van der Waals surface area contributed by atoms with E-state index in [1.807, 2.05) is 19.9 Å². The lowest BCUT2D eigenvalue weighted by Gasteiger charge is -2.26. The van der Waals surface area contributed by atoms with E-state index in [1.54, 1.807) is 47.4 Å². The minimum absolute atomic E-state index is 0.0770. The fourth-order valence-corrected chi connectivity index (χ4v) is 3.34. The molecule has 0 saturated heterocycles. The molecule has 0 aliphatic rings. The molecular formula is C22H22BrN3O3. The van der Waals surface area contributed by atoms with Crippen LogP contribution in [-0.2, 0) is 11.3 Å². The number of nitrogens with zero attached hydrogens (tertiary/aromatic N) is 2. The molecule has 0 spiro atoms. The molecule has 7 heteroatoms. The Morgan fingerprint density at radius 3 is 2.45 bits per heavy atom. The van der Waals surface area contributed by atoms with Crippen LogP contribution in [0.4, 0.5) is 0 Å². The van der Waals surface area contributed by atoms with Crippen molar-refractivity contribution in [2.75, 3.05) is 0 Å². The van der Waals surface area contributed by atoms with E-state index in [-0.39, 0.29) is 42.7 Å². The monoisotopic (exact) mass is 455 g/mol. The number of hydrogen-bond donors (Lipinski definition) is 1. The Labute approximate surface area is 177 Å². The van der Waals surface area contributed by atoms with Gasteiger partial charge in [0.15, 0.2) is 5.78 Å². The summed E-state index contributed by atoms with van der Waals surface area (Å²) in [6.45, 7) is 3.98. The molecule has 0 saturated carbocycles. The number of aromatic amines is 1. The predicted molar refractivity (Wildman–Crippen MR) is 116 cm³/mol. The number of nitrogens with one attached hydrogen (secondary N) is 1. The van der Waals surface area contributed by atoms with Gasteiger partial charge in [-0.3, -0.25) is 14.4 Å². The molecule has 0 fully saturated rings. The molecule has 3 rings (SSSR count). The number of carbonyl (C=O) groups excluding carboxylic acids is 2. The Morgan fingerprint density at radius 1 is 1.07 bits per heavy atom. The third-order valence-electron chi connectivity index (χ3n) is 4.66. The number of fused-ring (bicyclic) bond motifs is 1. The first-order chi connectivity index (χ1) is 13.8. The molecule has 0 radical (unpaired) electrons. The first-order valence-electron chi connectivity index (χ1n) is 9.41. The normalized spacial score (nSPS) is 11.0. The largest absolute Gasteiger partial charge is 0.333 e. The van der Waals surface area contributed by atoms with E-state index in [4.69, 9.17) is 0 Å². The van der Waals surface area contributed by atoms with Crippen LogP contribution in [0.2, 0.25) is 0 Å². The zero-order chi connectivity index (χ0) is 21.0. The number of ketones is 1. The highest BCUT2D eigenvalue weighted by Crippen LogP contribution is 2.15. The Bertz CT molecular complexity index is 1090. The smallest absolute Gasteiger partial charge is 0.258 e. The second kappa shape index (κ2) is 9.13. The zero-order valence-electron chi connectivity index (χ0n) is 16.3. The summed E-state index contributed by atoms with van der Waals surface area (Å²) in [6.07, 6.45) is 0.232. The van der Waals surface area contributed by atoms with Gasteiger partial charge in [-0.15, -0.1) is 0 Å². The Kier molecular flexibility index (Phi) is 6.59. The second-order valence-electron chi connectivity index (χ2n) is 7.08. The summed E-state index contributed by atoms with van der Waals surface area (Å²) in [5.74, 6) is 0.197. The van der Waals surface area contributed by atoms with Crippen LogP contribution in [0.15, 0.2) is 57.8 Å². The number of para-hydroxylation sites is 1. The summed E-state index contributed by atoms with van der Waals surface area (Å²) < 4.78 is 0.896. The van der Waals surface area contributed by atoms with Crippen molar-refractivity contribution >= 4 is 38.5 Å². The lowest BCUT2D eigenvalue weighted by Crippen LogP contribution is -2.37. The van der Waals surface area contributed by atoms with Gasteiger partial charge in [-0.1, -0.05) is 40.2 Å². The van der Waals surface area contributed by atoms with Crippen LogP contribution in [0, 0.1) is 0 Å². The van der Waals surface area contributed by atoms with E-state index in [1.165, 1.54) is 0 Å². The molecule has 0 bridgehead atoms. The molecule has 1 heterocycles. The molecule has 1 N–H and O–H groups in total. The third kappa shape index (κ3) is 5.17. The SMILES string of the molecule is CC(C)N(Cc1nc2ccccc2c(=O)[nH]1)C(=O)CCC(=O)c1ccc(Br)cc1. The van der Waals surface area contributed by atoms with Crippen molar-refractivity contribution in [3.8, 4) is 0 Å². The van der Waals surface area contributed by atoms with Crippen LogP contribution < -0.4 is 5.56 Å². The number of amides is 1. The second-order valence-corrected chi connectivity index (χ2v) is 7.99. The minimum Gasteiger partial charge on any atom is -0.333 e. The number of H-pyrrole nitrogens is 1. The number of hydrogen-bond acceptors (Lipinski definition) is 4. The fourth-order valence-electron chi connectivity index (χ4n) is 3.07. The van der Waals surface area contributed by atoms with E-state index in [9.17, 15) is 14.4 Å². The minimum atomic E-state index is -0.229. The molecule has 150 valence electrons. The average Bonchev–Trinajstić information content (AvgIpc) is 2.70. The first-order valence-corrected chi connectivity index (χ1v) is 10.2. The molecule has 1 amide bonds. The Balaban J connectivity index is 1.71.